The normalized spacial score (nSPS) is 10.7. The van der Waals surface area contributed by atoms with Crippen LogP contribution in [-0.4, -0.2) is 28.9 Å². The molecular weight excluding hydrogens is 343 g/mol. The zero-order chi connectivity index (χ0) is 15.3. The van der Waals surface area contributed by atoms with Gasteiger partial charge < -0.3 is 10.6 Å². The minimum absolute atomic E-state index is 0.213. The highest BCUT2D eigenvalue weighted by atomic mass is 79.9. The Labute approximate surface area is 132 Å². The van der Waals surface area contributed by atoms with E-state index in [4.69, 9.17) is 18.0 Å². The number of rotatable bonds is 6. The van der Waals surface area contributed by atoms with Crippen LogP contribution in [0.3, 0.4) is 0 Å². The first-order valence-electron chi connectivity index (χ1n) is 6.33. The monoisotopic (exact) mass is 360 g/mol. The van der Waals surface area contributed by atoms with E-state index >= 15 is 0 Å². The molecule has 0 heterocycles. The van der Waals surface area contributed by atoms with Crippen molar-refractivity contribution in [3.05, 3.63) is 34.1 Å². The molecule has 6 heteroatoms. The van der Waals surface area contributed by atoms with Crippen LogP contribution in [0.2, 0.25) is 0 Å². The summed E-state index contributed by atoms with van der Waals surface area (Å²) in [6, 6.07) is 4.17. The van der Waals surface area contributed by atoms with E-state index in [1.165, 1.54) is 12.1 Å². The molecule has 0 saturated carbocycles. The summed E-state index contributed by atoms with van der Waals surface area (Å²) in [6.45, 7) is 5.06. The van der Waals surface area contributed by atoms with Crippen molar-refractivity contribution in [1.82, 2.24) is 4.90 Å². The molecule has 1 aromatic carbocycles. The predicted molar refractivity (Wildman–Crippen MR) is 86.2 cm³/mol. The number of benzene rings is 1. The molecule has 0 aliphatic carbocycles. The summed E-state index contributed by atoms with van der Waals surface area (Å²) >= 11 is 8.04. The molecule has 1 rings (SSSR count). The fraction of sp³-hybridized carbons (Fsp3) is 0.429. The molecule has 0 spiro atoms. The predicted octanol–water partition coefficient (Wildman–Crippen LogP) is 3.36. The third-order valence-corrected chi connectivity index (χ3v) is 3.27. The van der Waals surface area contributed by atoms with Crippen LogP contribution < -0.4 is 5.73 Å². The minimum atomic E-state index is -0.443. The topological polar surface area (TPSA) is 46.3 Å². The van der Waals surface area contributed by atoms with Crippen molar-refractivity contribution < 1.29 is 9.18 Å². The minimum Gasteiger partial charge on any atom is -0.393 e. The maximum absolute atomic E-state index is 13.4. The third kappa shape index (κ3) is 5.54. The molecule has 110 valence electrons. The van der Waals surface area contributed by atoms with Crippen LogP contribution in [0.25, 0.3) is 0 Å². The van der Waals surface area contributed by atoms with E-state index in [9.17, 15) is 9.18 Å². The van der Waals surface area contributed by atoms with Crippen LogP contribution in [0.5, 0.6) is 0 Å². The van der Waals surface area contributed by atoms with Crippen LogP contribution in [0.4, 0.5) is 4.39 Å². The van der Waals surface area contributed by atoms with Gasteiger partial charge in [0.25, 0.3) is 5.91 Å². The number of hydrogen-bond acceptors (Lipinski definition) is 2. The van der Waals surface area contributed by atoms with E-state index in [0.29, 0.717) is 40.5 Å². The molecule has 0 saturated heterocycles. The standard InChI is InChI=1S/C14H18BrFN2OS/c1-9(2)8-18(4-3-13(17)20)14(19)10-5-11(15)7-12(16)6-10/h5-7,9H,3-4,8H2,1-2H3,(H2,17,20). The Hall–Kier alpha value is -1.01. The summed E-state index contributed by atoms with van der Waals surface area (Å²) in [6.07, 6.45) is 0.463. The summed E-state index contributed by atoms with van der Waals surface area (Å²) in [5.74, 6) is -0.348. The van der Waals surface area contributed by atoms with Crippen LogP contribution >= 0.6 is 28.1 Å². The average Bonchev–Trinajstić information content (AvgIpc) is 2.31. The lowest BCUT2D eigenvalue weighted by Crippen LogP contribution is -2.36. The van der Waals surface area contributed by atoms with E-state index in [1.807, 2.05) is 13.8 Å². The fourth-order valence-corrected chi connectivity index (χ4v) is 2.38. The Morgan fingerprint density at radius 3 is 2.60 bits per heavy atom. The Morgan fingerprint density at radius 2 is 2.10 bits per heavy atom. The van der Waals surface area contributed by atoms with Crippen molar-refractivity contribution in [2.45, 2.75) is 20.3 Å². The molecule has 0 atom stereocenters. The molecule has 2 N–H and O–H groups in total. The lowest BCUT2D eigenvalue weighted by atomic mass is 10.1. The van der Waals surface area contributed by atoms with Crippen LogP contribution in [0.1, 0.15) is 30.6 Å². The zero-order valence-electron chi connectivity index (χ0n) is 11.5. The van der Waals surface area contributed by atoms with Gasteiger partial charge in [0.1, 0.15) is 5.82 Å². The molecular formula is C14H18BrFN2OS. The molecule has 0 fully saturated rings. The second kappa shape index (κ2) is 7.69. The quantitative estimate of drug-likeness (QED) is 0.791. The van der Waals surface area contributed by atoms with Crippen LogP contribution in [0, 0.1) is 11.7 Å². The van der Waals surface area contributed by atoms with Gasteiger partial charge in [0.05, 0.1) is 4.99 Å². The van der Waals surface area contributed by atoms with Gasteiger partial charge in [-0.05, 0) is 24.1 Å². The first-order chi connectivity index (χ1) is 9.29. The van der Waals surface area contributed by atoms with Gasteiger partial charge in [0.15, 0.2) is 0 Å². The van der Waals surface area contributed by atoms with E-state index < -0.39 is 5.82 Å². The highest BCUT2D eigenvalue weighted by Gasteiger charge is 2.18. The van der Waals surface area contributed by atoms with Gasteiger partial charge in [-0.1, -0.05) is 42.0 Å². The van der Waals surface area contributed by atoms with Gasteiger partial charge >= 0.3 is 0 Å². The summed E-state index contributed by atoms with van der Waals surface area (Å²) in [4.78, 5) is 14.5. The molecule has 1 aromatic rings. The summed E-state index contributed by atoms with van der Waals surface area (Å²) in [5, 5.41) is 0. The largest absolute Gasteiger partial charge is 0.393 e. The Morgan fingerprint density at radius 1 is 1.45 bits per heavy atom. The number of halogens is 2. The molecule has 0 aliphatic heterocycles. The van der Waals surface area contributed by atoms with Gasteiger partial charge in [-0.2, -0.15) is 0 Å². The lowest BCUT2D eigenvalue weighted by molar-refractivity contribution is 0.0740. The first kappa shape index (κ1) is 17.0. The van der Waals surface area contributed by atoms with Crippen molar-refractivity contribution in [1.29, 1.82) is 0 Å². The molecule has 0 bridgehead atoms. The smallest absolute Gasteiger partial charge is 0.254 e. The molecule has 3 nitrogen and oxygen atoms in total. The molecule has 0 aliphatic rings. The molecule has 20 heavy (non-hydrogen) atoms. The van der Waals surface area contributed by atoms with Crippen molar-refractivity contribution in [3.8, 4) is 0 Å². The number of amides is 1. The Balaban J connectivity index is 2.93. The van der Waals surface area contributed by atoms with Crippen LogP contribution in [-0.2, 0) is 0 Å². The van der Waals surface area contributed by atoms with E-state index in [0.717, 1.165) is 0 Å². The second-order valence-electron chi connectivity index (χ2n) is 5.02. The number of nitrogens with two attached hydrogens (primary N) is 1. The van der Waals surface area contributed by atoms with Gasteiger partial charge in [0.2, 0.25) is 0 Å². The average molecular weight is 361 g/mol. The van der Waals surface area contributed by atoms with Crippen LogP contribution in [0.15, 0.2) is 22.7 Å². The van der Waals surface area contributed by atoms with Gasteiger partial charge in [-0.3, -0.25) is 4.79 Å². The summed E-state index contributed by atoms with van der Waals surface area (Å²) in [5.41, 5.74) is 5.80. The van der Waals surface area contributed by atoms with E-state index in [1.54, 1.807) is 11.0 Å². The Kier molecular flexibility index (Phi) is 6.55. The van der Waals surface area contributed by atoms with E-state index in [-0.39, 0.29) is 5.91 Å². The highest BCUT2D eigenvalue weighted by molar-refractivity contribution is 9.10. The first-order valence-corrected chi connectivity index (χ1v) is 7.53. The fourth-order valence-electron chi connectivity index (χ4n) is 1.82. The van der Waals surface area contributed by atoms with Crippen molar-refractivity contribution in [2.75, 3.05) is 13.1 Å². The van der Waals surface area contributed by atoms with Gasteiger partial charge in [0, 0.05) is 29.5 Å². The maximum Gasteiger partial charge on any atom is 0.254 e. The molecule has 1 amide bonds. The van der Waals surface area contributed by atoms with Gasteiger partial charge in [-0.25, -0.2) is 4.39 Å². The molecule has 0 radical (unpaired) electrons. The lowest BCUT2D eigenvalue weighted by Gasteiger charge is -2.24. The van der Waals surface area contributed by atoms with Crippen molar-refractivity contribution in [2.24, 2.45) is 11.7 Å². The number of hydrogen-bond donors (Lipinski definition) is 1. The number of carbonyl (C=O) groups is 1. The number of carbonyl (C=O) groups excluding carboxylic acids is 1. The summed E-state index contributed by atoms with van der Waals surface area (Å²) < 4.78 is 13.9. The zero-order valence-corrected chi connectivity index (χ0v) is 13.9. The molecule has 0 unspecified atom stereocenters. The number of nitrogens with zero attached hydrogens (tertiary/aromatic N) is 1. The van der Waals surface area contributed by atoms with Crippen molar-refractivity contribution >= 4 is 39.0 Å². The van der Waals surface area contributed by atoms with Crippen molar-refractivity contribution in [3.63, 3.8) is 0 Å². The second-order valence-corrected chi connectivity index (χ2v) is 6.46. The maximum atomic E-state index is 13.4. The molecule has 0 aromatic heterocycles. The number of thiocarbonyl (C=S) groups is 1. The highest BCUT2D eigenvalue weighted by Crippen LogP contribution is 2.17. The third-order valence-electron chi connectivity index (χ3n) is 2.61. The van der Waals surface area contributed by atoms with Gasteiger partial charge in [-0.15, -0.1) is 0 Å². The summed E-state index contributed by atoms with van der Waals surface area (Å²) in [7, 11) is 0. The van der Waals surface area contributed by atoms with E-state index in [2.05, 4.69) is 15.9 Å². The SMILES string of the molecule is CC(C)CN(CCC(N)=S)C(=O)c1cc(F)cc(Br)c1. The Bertz CT molecular complexity index is 488.